The van der Waals surface area contributed by atoms with Gasteiger partial charge in [0.2, 0.25) is 0 Å². The van der Waals surface area contributed by atoms with Crippen LogP contribution in [-0.2, 0) is 15.6 Å². The Kier molecular flexibility index (Phi) is 3.48. The van der Waals surface area contributed by atoms with Crippen LogP contribution in [0, 0.1) is 5.82 Å². The fourth-order valence-electron chi connectivity index (χ4n) is 1.17. The van der Waals surface area contributed by atoms with E-state index in [1.54, 1.807) is 0 Å². The number of rotatable bonds is 3. The lowest BCUT2D eigenvalue weighted by Crippen LogP contribution is -2.32. The molecule has 0 saturated heterocycles. The molecule has 0 heterocycles. The molecule has 0 spiro atoms. The maximum Gasteiger partial charge on any atom is 0.491 e. The van der Waals surface area contributed by atoms with Crippen molar-refractivity contribution in [2.45, 2.75) is 5.75 Å². The highest BCUT2D eigenvalue weighted by atomic mass is 32.2. The minimum atomic E-state index is -3.22. The van der Waals surface area contributed by atoms with Crippen molar-refractivity contribution in [3.63, 3.8) is 0 Å². The summed E-state index contributed by atoms with van der Waals surface area (Å²) in [7, 11) is -5.11. The molecule has 0 aliphatic rings. The van der Waals surface area contributed by atoms with Gasteiger partial charge >= 0.3 is 7.12 Å². The molecule has 0 aliphatic heterocycles. The first kappa shape index (κ1) is 12.2. The third kappa shape index (κ3) is 3.62. The Balaban J connectivity index is 3.02. The van der Waals surface area contributed by atoms with E-state index in [1.807, 2.05) is 0 Å². The highest BCUT2D eigenvalue weighted by Gasteiger charge is 2.17. The summed E-state index contributed by atoms with van der Waals surface area (Å²) in [5, 5.41) is 17.5. The fourth-order valence-corrected chi connectivity index (χ4v) is 1.96. The molecule has 0 atom stereocenters. The molecule has 0 saturated carbocycles. The molecule has 0 bridgehead atoms. The molecular weight excluding hydrogens is 222 g/mol. The maximum atomic E-state index is 13.2. The van der Waals surface area contributed by atoms with Gasteiger partial charge in [-0.15, -0.1) is 0 Å². The zero-order valence-corrected chi connectivity index (χ0v) is 8.83. The van der Waals surface area contributed by atoms with Crippen molar-refractivity contribution >= 4 is 22.4 Å². The van der Waals surface area contributed by atoms with E-state index in [-0.39, 0.29) is 16.8 Å². The van der Waals surface area contributed by atoms with Gasteiger partial charge < -0.3 is 10.0 Å². The van der Waals surface area contributed by atoms with Crippen LogP contribution in [0.4, 0.5) is 4.39 Å². The SMILES string of the molecule is CS(=O)(=O)Cc1ccc(B(O)O)c(F)c1. The van der Waals surface area contributed by atoms with E-state index in [0.717, 1.165) is 18.4 Å². The first-order chi connectivity index (χ1) is 6.79. The summed E-state index contributed by atoms with van der Waals surface area (Å²) >= 11 is 0. The first-order valence-electron chi connectivity index (χ1n) is 4.12. The Bertz CT molecular complexity index is 458. The van der Waals surface area contributed by atoms with Crippen molar-refractivity contribution in [1.82, 2.24) is 0 Å². The lowest BCUT2D eigenvalue weighted by atomic mass is 9.79. The molecule has 0 amide bonds. The van der Waals surface area contributed by atoms with Crippen LogP contribution in [0.15, 0.2) is 18.2 Å². The predicted octanol–water partition coefficient (Wildman–Crippen LogP) is -0.950. The normalized spacial score (nSPS) is 11.5. The van der Waals surface area contributed by atoms with Gasteiger partial charge in [-0.05, 0) is 11.6 Å². The molecule has 0 aliphatic carbocycles. The molecule has 1 rings (SSSR count). The van der Waals surface area contributed by atoms with E-state index in [9.17, 15) is 12.8 Å². The number of halogens is 1. The highest BCUT2D eigenvalue weighted by molar-refractivity contribution is 7.89. The quantitative estimate of drug-likeness (QED) is 0.659. The highest BCUT2D eigenvalue weighted by Crippen LogP contribution is 2.06. The van der Waals surface area contributed by atoms with Crippen molar-refractivity contribution < 1.29 is 22.9 Å². The summed E-state index contributed by atoms with van der Waals surface area (Å²) in [6.07, 6.45) is 1.04. The van der Waals surface area contributed by atoms with Crippen LogP contribution in [0.2, 0.25) is 0 Å². The van der Waals surface area contributed by atoms with E-state index < -0.39 is 22.8 Å². The van der Waals surface area contributed by atoms with E-state index in [0.29, 0.717) is 0 Å². The van der Waals surface area contributed by atoms with Gasteiger partial charge in [0.05, 0.1) is 5.75 Å². The van der Waals surface area contributed by atoms with E-state index in [4.69, 9.17) is 10.0 Å². The second-order valence-electron chi connectivity index (χ2n) is 3.30. The summed E-state index contributed by atoms with van der Waals surface area (Å²) in [5.74, 6) is -1.10. The van der Waals surface area contributed by atoms with Gasteiger partial charge in [0.1, 0.15) is 5.82 Å². The summed E-state index contributed by atoms with van der Waals surface area (Å²) in [5.41, 5.74) is 0.00616. The molecule has 7 heteroatoms. The van der Waals surface area contributed by atoms with Gasteiger partial charge in [-0.2, -0.15) is 0 Å². The minimum absolute atomic E-state index is 0.271. The molecule has 15 heavy (non-hydrogen) atoms. The molecular formula is C8H10BFO4S. The lowest BCUT2D eigenvalue weighted by molar-refractivity contribution is 0.423. The van der Waals surface area contributed by atoms with E-state index in [1.165, 1.54) is 6.07 Å². The van der Waals surface area contributed by atoms with Crippen molar-refractivity contribution in [1.29, 1.82) is 0 Å². The third-order valence-electron chi connectivity index (χ3n) is 1.77. The van der Waals surface area contributed by atoms with Gasteiger partial charge in [0.25, 0.3) is 0 Å². The van der Waals surface area contributed by atoms with Crippen LogP contribution >= 0.6 is 0 Å². The van der Waals surface area contributed by atoms with E-state index in [2.05, 4.69) is 0 Å². The number of sulfone groups is 1. The average molecular weight is 232 g/mol. The fraction of sp³-hybridized carbons (Fsp3) is 0.250. The van der Waals surface area contributed by atoms with Crippen molar-refractivity contribution in [2.75, 3.05) is 6.26 Å². The number of benzene rings is 1. The molecule has 82 valence electrons. The Morgan fingerprint density at radius 3 is 2.40 bits per heavy atom. The van der Waals surface area contributed by atoms with E-state index >= 15 is 0 Å². The molecule has 0 radical (unpaired) electrons. The smallest absolute Gasteiger partial charge is 0.423 e. The van der Waals surface area contributed by atoms with Crippen LogP contribution in [0.1, 0.15) is 5.56 Å². The monoisotopic (exact) mass is 232 g/mol. The number of hydrogen-bond donors (Lipinski definition) is 2. The van der Waals surface area contributed by atoms with Crippen molar-refractivity contribution in [3.8, 4) is 0 Å². The largest absolute Gasteiger partial charge is 0.491 e. The summed E-state index contributed by atoms with van der Waals surface area (Å²) in [6, 6.07) is 3.48. The van der Waals surface area contributed by atoms with Crippen LogP contribution in [0.25, 0.3) is 0 Å². The Morgan fingerprint density at radius 1 is 1.40 bits per heavy atom. The van der Waals surface area contributed by atoms with Crippen molar-refractivity contribution in [2.24, 2.45) is 0 Å². The minimum Gasteiger partial charge on any atom is -0.423 e. The number of hydrogen-bond acceptors (Lipinski definition) is 4. The molecule has 0 fully saturated rings. The van der Waals surface area contributed by atoms with Crippen LogP contribution in [0.3, 0.4) is 0 Å². The summed E-state index contributed by atoms with van der Waals surface area (Å²) < 4.78 is 35.0. The van der Waals surface area contributed by atoms with Crippen molar-refractivity contribution in [3.05, 3.63) is 29.6 Å². The zero-order chi connectivity index (χ0) is 11.6. The third-order valence-corrected chi connectivity index (χ3v) is 2.63. The molecule has 1 aromatic carbocycles. The van der Waals surface area contributed by atoms with Crippen LogP contribution in [-0.4, -0.2) is 31.8 Å². The average Bonchev–Trinajstić information content (AvgIpc) is 1.99. The van der Waals surface area contributed by atoms with Crippen LogP contribution < -0.4 is 5.46 Å². The molecule has 4 nitrogen and oxygen atoms in total. The summed E-state index contributed by atoms with van der Waals surface area (Å²) in [6.45, 7) is 0. The maximum absolute atomic E-state index is 13.2. The second-order valence-corrected chi connectivity index (χ2v) is 5.44. The standard InChI is InChI=1S/C8H10BFO4S/c1-15(13,14)5-6-2-3-7(9(11)12)8(10)4-6/h2-4,11-12H,5H2,1H3. The predicted molar refractivity (Wildman–Crippen MR) is 54.8 cm³/mol. The topological polar surface area (TPSA) is 74.6 Å². The van der Waals surface area contributed by atoms with Gasteiger partial charge in [-0.25, -0.2) is 12.8 Å². The Labute approximate surface area is 87.4 Å². The Morgan fingerprint density at radius 2 is 2.00 bits per heavy atom. The Hall–Kier alpha value is -0.915. The zero-order valence-electron chi connectivity index (χ0n) is 8.01. The summed E-state index contributed by atoms with van der Waals surface area (Å²) in [4.78, 5) is 0. The van der Waals surface area contributed by atoms with Gasteiger partial charge in [-0.3, -0.25) is 0 Å². The second kappa shape index (κ2) is 4.30. The van der Waals surface area contributed by atoms with Gasteiger partial charge in [-0.1, -0.05) is 12.1 Å². The molecule has 0 unspecified atom stereocenters. The molecule has 1 aromatic rings. The van der Waals surface area contributed by atoms with Gasteiger partial charge in [0.15, 0.2) is 9.84 Å². The molecule has 2 N–H and O–H groups in total. The molecule has 0 aromatic heterocycles. The van der Waals surface area contributed by atoms with Crippen LogP contribution in [0.5, 0.6) is 0 Å². The lowest BCUT2D eigenvalue weighted by Gasteiger charge is -2.04. The first-order valence-corrected chi connectivity index (χ1v) is 6.18. The van der Waals surface area contributed by atoms with Gasteiger partial charge in [0, 0.05) is 11.7 Å².